The third kappa shape index (κ3) is 3.31. The van der Waals surface area contributed by atoms with E-state index in [-0.39, 0.29) is 6.54 Å². The molecule has 2 N–H and O–H groups in total. The van der Waals surface area contributed by atoms with Gasteiger partial charge in [0.05, 0.1) is 0 Å². The summed E-state index contributed by atoms with van der Waals surface area (Å²) in [7, 11) is 0. The number of aryl methyl sites for hydroxylation is 1. The fourth-order valence-electron chi connectivity index (χ4n) is 3.17. The summed E-state index contributed by atoms with van der Waals surface area (Å²) in [4.78, 5) is 13.5. The van der Waals surface area contributed by atoms with E-state index in [1.165, 1.54) is 10.9 Å². The Morgan fingerprint density at radius 1 is 1.32 bits per heavy atom. The van der Waals surface area contributed by atoms with Crippen LogP contribution in [0.1, 0.15) is 11.1 Å². The SMILES string of the molecule is Cc1ccc2c(CCN3CCNCC3)cn(CC(=O)O)c2c1. The summed E-state index contributed by atoms with van der Waals surface area (Å²) in [5, 5.41) is 13.6. The smallest absolute Gasteiger partial charge is 0.323 e. The average molecular weight is 301 g/mol. The molecule has 2 aromatic rings. The van der Waals surface area contributed by atoms with Gasteiger partial charge in [0.15, 0.2) is 0 Å². The Bertz CT molecular complexity index is 672. The van der Waals surface area contributed by atoms with Crippen LogP contribution in [-0.4, -0.2) is 53.3 Å². The molecule has 1 fully saturated rings. The van der Waals surface area contributed by atoms with Crippen molar-refractivity contribution in [1.82, 2.24) is 14.8 Å². The van der Waals surface area contributed by atoms with Crippen molar-refractivity contribution < 1.29 is 9.90 Å². The van der Waals surface area contributed by atoms with E-state index in [4.69, 9.17) is 5.11 Å². The lowest BCUT2D eigenvalue weighted by atomic mass is 10.1. The first-order valence-electron chi connectivity index (χ1n) is 7.87. The van der Waals surface area contributed by atoms with E-state index in [0.717, 1.165) is 50.2 Å². The van der Waals surface area contributed by atoms with Crippen molar-refractivity contribution in [3.63, 3.8) is 0 Å². The van der Waals surface area contributed by atoms with Gasteiger partial charge in [-0.3, -0.25) is 4.79 Å². The molecule has 2 heterocycles. The van der Waals surface area contributed by atoms with E-state index in [1.54, 1.807) is 0 Å². The summed E-state index contributed by atoms with van der Waals surface area (Å²) in [5.41, 5.74) is 3.43. The zero-order valence-electron chi connectivity index (χ0n) is 13.0. The van der Waals surface area contributed by atoms with Gasteiger partial charge in [-0.2, -0.15) is 0 Å². The van der Waals surface area contributed by atoms with Gasteiger partial charge in [-0.1, -0.05) is 12.1 Å². The van der Waals surface area contributed by atoms with Crippen LogP contribution < -0.4 is 5.32 Å². The number of nitrogens with one attached hydrogen (secondary N) is 1. The van der Waals surface area contributed by atoms with E-state index in [0.29, 0.717) is 0 Å². The third-order valence-corrected chi connectivity index (χ3v) is 4.33. The lowest BCUT2D eigenvalue weighted by Crippen LogP contribution is -2.44. The second kappa shape index (κ2) is 6.50. The average Bonchev–Trinajstić information content (AvgIpc) is 2.83. The van der Waals surface area contributed by atoms with Gasteiger partial charge in [-0.05, 0) is 30.5 Å². The van der Waals surface area contributed by atoms with Crippen molar-refractivity contribution in [1.29, 1.82) is 0 Å². The monoisotopic (exact) mass is 301 g/mol. The number of rotatable bonds is 5. The van der Waals surface area contributed by atoms with Crippen molar-refractivity contribution in [2.75, 3.05) is 32.7 Å². The zero-order chi connectivity index (χ0) is 15.5. The first kappa shape index (κ1) is 15.1. The number of hydrogen-bond donors (Lipinski definition) is 2. The van der Waals surface area contributed by atoms with Crippen molar-refractivity contribution in [3.8, 4) is 0 Å². The van der Waals surface area contributed by atoms with Gasteiger partial charge in [0.25, 0.3) is 0 Å². The van der Waals surface area contributed by atoms with Crippen molar-refractivity contribution >= 4 is 16.9 Å². The molecule has 0 spiro atoms. The molecule has 0 bridgehead atoms. The van der Waals surface area contributed by atoms with E-state index >= 15 is 0 Å². The summed E-state index contributed by atoms with van der Waals surface area (Å²) in [5.74, 6) is -0.799. The highest BCUT2D eigenvalue weighted by molar-refractivity contribution is 5.86. The molecule has 0 amide bonds. The van der Waals surface area contributed by atoms with Gasteiger partial charge < -0.3 is 19.9 Å². The van der Waals surface area contributed by atoms with Gasteiger partial charge in [-0.15, -0.1) is 0 Å². The van der Waals surface area contributed by atoms with Crippen LogP contribution in [-0.2, 0) is 17.8 Å². The van der Waals surface area contributed by atoms with Crippen LogP contribution >= 0.6 is 0 Å². The summed E-state index contributed by atoms with van der Waals surface area (Å²) in [6, 6.07) is 6.30. The minimum atomic E-state index is -0.799. The number of nitrogens with zero attached hydrogens (tertiary/aromatic N) is 2. The maximum absolute atomic E-state index is 11.1. The maximum Gasteiger partial charge on any atom is 0.323 e. The van der Waals surface area contributed by atoms with Crippen molar-refractivity contribution in [2.24, 2.45) is 0 Å². The Morgan fingerprint density at radius 3 is 2.82 bits per heavy atom. The molecule has 118 valence electrons. The van der Waals surface area contributed by atoms with Crippen LogP contribution in [0.4, 0.5) is 0 Å². The lowest BCUT2D eigenvalue weighted by molar-refractivity contribution is -0.137. The third-order valence-electron chi connectivity index (χ3n) is 4.33. The number of carbonyl (C=O) groups is 1. The van der Waals surface area contributed by atoms with E-state index in [1.807, 2.05) is 17.7 Å². The quantitative estimate of drug-likeness (QED) is 0.878. The number of carboxylic acids is 1. The Hall–Kier alpha value is -1.85. The van der Waals surface area contributed by atoms with Crippen LogP contribution in [0.3, 0.4) is 0 Å². The largest absolute Gasteiger partial charge is 0.480 e. The van der Waals surface area contributed by atoms with Gasteiger partial charge in [0.1, 0.15) is 6.54 Å². The highest BCUT2D eigenvalue weighted by atomic mass is 16.4. The van der Waals surface area contributed by atoms with Crippen LogP contribution in [0.25, 0.3) is 10.9 Å². The van der Waals surface area contributed by atoms with Crippen molar-refractivity contribution in [3.05, 3.63) is 35.5 Å². The van der Waals surface area contributed by atoms with Gasteiger partial charge >= 0.3 is 5.97 Å². The maximum atomic E-state index is 11.1. The second-order valence-electron chi connectivity index (χ2n) is 6.04. The van der Waals surface area contributed by atoms with Crippen LogP contribution in [0.15, 0.2) is 24.4 Å². The van der Waals surface area contributed by atoms with Crippen LogP contribution in [0.2, 0.25) is 0 Å². The minimum Gasteiger partial charge on any atom is -0.480 e. The summed E-state index contributed by atoms with van der Waals surface area (Å²) < 4.78 is 1.86. The molecule has 1 aromatic heterocycles. The lowest BCUT2D eigenvalue weighted by Gasteiger charge is -2.26. The molecule has 0 saturated carbocycles. The summed E-state index contributed by atoms with van der Waals surface area (Å²) in [6.07, 6.45) is 2.98. The number of hydrogen-bond acceptors (Lipinski definition) is 3. The summed E-state index contributed by atoms with van der Waals surface area (Å²) >= 11 is 0. The van der Waals surface area contributed by atoms with Gasteiger partial charge in [0.2, 0.25) is 0 Å². The highest BCUT2D eigenvalue weighted by Crippen LogP contribution is 2.23. The summed E-state index contributed by atoms with van der Waals surface area (Å²) in [6.45, 7) is 7.38. The number of aliphatic carboxylic acids is 1. The van der Waals surface area contributed by atoms with E-state index in [9.17, 15) is 4.79 Å². The Kier molecular flexibility index (Phi) is 4.45. The first-order chi connectivity index (χ1) is 10.6. The predicted molar refractivity (Wildman–Crippen MR) is 87.3 cm³/mol. The fourth-order valence-corrected chi connectivity index (χ4v) is 3.17. The molecule has 0 radical (unpaired) electrons. The number of aromatic nitrogens is 1. The molecule has 1 aliphatic heterocycles. The molecular weight excluding hydrogens is 278 g/mol. The zero-order valence-corrected chi connectivity index (χ0v) is 13.0. The molecule has 0 atom stereocenters. The van der Waals surface area contributed by atoms with Gasteiger partial charge in [-0.25, -0.2) is 0 Å². The first-order valence-corrected chi connectivity index (χ1v) is 7.87. The molecule has 1 aliphatic rings. The Labute approximate surface area is 130 Å². The molecule has 0 unspecified atom stereocenters. The normalized spacial score (nSPS) is 16.2. The molecule has 22 heavy (non-hydrogen) atoms. The molecule has 0 aliphatic carbocycles. The van der Waals surface area contributed by atoms with E-state index < -0.39 is 5.97 Å². The van der Waals surface area contributed by atoms with Crippen LogP contribution in [0.5, 0.6) is 0 Å². The number of carboxylic acid groups (broad SMARTS) is 1. The van der Waals surface area contributed by atoms with Gasteiger partial charge in [0, 0.05) is 49.8 Å². The molecule has 1 saturated heterocycles. The molecule has 5 heteroatoms. The molecule has 1 aromatic carbocycles. The molecule has 3 rings (SSSR count). The standard InChI is InChI=1S/C17H23N3O2/c1-13-2-3-15-14(4-7-19-8-5-18-6-9-19)11-20(12-17(21)22)16(15)10-13/h2-3,10-11,18H,4-9,12H2,1H3,(H,21,22). The van der Waals surface area contributed by atoms with Crippen molar-refractivity contribution in [2.45, 2.75) is 19.9 Å². The highest BCUT2D eigenvalue weighted by Gasteiger charge is 2.13. The van der Waals surface area contributed by atoms with E-state index in [2.05, 4.69) is 28.4 Å². The Balaban J connectivity index is 1.83. The number of benzene rings is 1. The number of fused-ring (bicyclic) bond motifs is 1. The van der Waals surface area contributed by atoms with Crippen LogP contribution in [0, 0.1) is 6.92 Å². The fraction of sp³-hybridized carbons (Fsp3) is 0.471. The Morgan fingerprint density at radius 2 is 2.09 bits per heavy atom. The topological polar surface area (TPSA) is 57.5 Å². The minimum absolute atomic E-state index is 0.0214. The second-order valence-corrected chi connectivity index (χ2v) is 6.04. The molecular formula is C17H23N3O2. The predicted octanol–water partition coefficient (Wildman–Crippen LogP) is 1.48. The molecule has 5 nitrogen and oxygen atoms in total. The number of piperazine rings is 1.